The Bertz CT molecular complexity index is 973. The lowest BCUT2D eigenvalue weighted by Crippen LogP contribution is -2.34. The SMILES string of the molecule is CCC(C)NC(=O)Cc1c(C)c2c(OC)cc3c(c2oc1=O)CCC(C)(C)O3. The highest BCUT2D eigenvalue weighted by Crippen LogP contribution is 2.43. The van der Waals surface area contributed by atoms with Gasteiger partial charge in [-0.25, -0.2) is 4.79 Å². The van der Waals surface area contributed by atoms with Crippen molar-refractivity contribution < 1.29 is 18.7 Å². The van der Waals surface area contributed by atoms with E-state index >= 15 is 0 Å². The normalized spacial score (nSPS) is 16.2. The maximum atomic E-state index is 12.7. The second-order valence-electron chi connectivity index (χ2n) is 8.17. The molecule has 1 aliphatic heterocycles. The number of ether oxygens (including phenoxy) is 2. The third-order valence-electron chi connectivity index (χ3n) is 5.52. The second-order valence-corrected chi connectivity index (χ2v) is 8.17. The Balaban J connectivity index is 2.13. The molecular formula is C22H29NO5. The van der Waals surface area contributed by atoms with E-state index in [2.05, 4.69) is 5.32 Å². The van der Waals surface area contributed by atoms with Gasteiger partial charge in [0.05, 0.1) is 24.5 Å². The average Bonchev–Trinajstić information content (AvgIpc) is 2.62. The van der Waals surface area contributed by atoms with Gasteiger partial charge in [0.15, 0.2) is 0 Å². The molecule has 152 valence electrons. The van der Waals surface area contributed by atoms with Crippen LogP contribution in [0.4, 0.5) is 0 Å². The van der Waals surface area contributed by atoms with Gasteiger partial charge < -0.3 is 19.2 Å². The molecule has 2 aromatic rings. The van der Waals surface area contributed by atoms with Gasteiger partial charge in [0, 0.05) is 17.7 Å². The Hall–Kier alpha value is -2.50. The molecule has 1 amide bonds. The molecule has 1 unspecified atom stereocenters. The molecule has 2 heterocycles. The molecule has 1 aromatic heterocycles. The van der Waals surface area contributed by atoms with Crippen molar-refractivity contribution in [3.63, 3.8) is 0 Å². The lowest BCUT2D eigenvalue weighted by Gasteiger charge is -2.33. The van der Waals surface area contributed by atoms with Crippen LogP contribution in [0.1, 0.15) is 57.2 Å². The van der Waals surface area contributed by atoms with Crippen molar-refractivity contribution >= 4 is 16.9 Å². The van der Waals surface area contributed by atoms with Crippen LogP contribution in [0.25, 0.3) is 11.0 Å². The van der Waals surface area contributed by atoms with E-state index < -0.39 is 5.63 Å². The minimum atomic E-state index is -0.482. The number of carbonyl (C=O) groups is 1. The van der Waals surface area contributed by atoms with Crippen LogP contribution in [-0.4, -0.2) is 24.7 Å². The summed E-state index contributed by atoms with van der Waals surface area (Å²) in [6, 6.07) is 1.91. The van der Waals surface area contributed by atoms with Crippen molar-refractivity contribution in [1.29, 1.82) is 0 Å². The van der Waals surface area contributed by atoms with Crippen molar-refractivity contribution in [3.8, 4) is 11.5 Å². The number of amides is 1. The van der Waals surface area contributed by atoms with Gasteiger partial charge in [-0.15, -0.1) is 0 Å². The standard InChI is InChI=1S/C22H29NO5/c1-7-12(2)23-18(24)10-15-13(3)19-17(26-6)11-16-14(20(19)27-21(15)25)8-9-22(4,5)28-16/h11-12H,7-10H2,1-6H3,(H,23,24). The molecule has 1 aliphatic rings. The van der Waals surface area contributed by atoms with E-state index in [0.29, 0.717) is 22.6 Å². The van der Waals surface area contributed by atoms with E-state index in [1.807, 2.05) is 40.7 Å². The predicted octanol–water partition coefficient (Wildman–Crippen LogP) is 3.67. The summed E-state index contributed by atoms with van der Waals surface area (Å²) in [4.78, 5) is 25.1. The molecule has 0 radical (unpaired) electrons. The molecule has 0 saturated heterocycles. The maximum absolute atomic E-state index is 12.7. The van der Waals surface area contributed by atoms with E-state index in [4.69, 9.17) is 13.9 Å². The molecule has 6 nitrogen and oxygen atoms in total. The zero-order valence-electron chi connectivity index (χ0n) is 17.5. The zero-order valence-corrected chi connectivity index (χ0v) is 17.5. The van der Waals surface area contributed by atoms with Crippen molar-refractivity contribution in [3.05, 3.63) is 33.2 Å². The number of nitrogens with one attached hydrogen (secondary N) is 1. The highest BCUT2D eigenvalue weighted by molar-refractivity contribution is 5.93. The molecule has 0 saturated carbocycles. The Morgan fingerprint density at radius 2 is 2.11 bits per heavy atom. The number of aryl methyl sites for hydroxylation is 2. The van der Waals surface area contributed by atoms with Gasteiger partial charge in [-0.1, -0.05) is 6.92 Å². The maximum Gasteiger partial charge on any atom is 0.340 e. The van der Waals surface area contributed by atoms with Gasteiger partial charge in [-0.2, -0.15) is 0 Å². The third-order valence-corrected chi connectivity index (χ3v) is 5.52. The third kappa shape index (κ3) is 3.73. The van der Waals surface area contributed by atoms with Gasteiger partial charge in [-0.3, -0.25) is 4.79 Å². The van der Waals surface area contributed by atoms with Crippen LogP contribution in [0.2, 0.25) is 0 Å². The van der Waals surface area contributed by atoms with Crippen LogP contribution in [0, 0.1) is 6.92 Å². The van der Waals surface area contributed by atoms with Gasteiger partial charge in [0.25, 0.3) is 0 Å². The summed E-state index contributed by atoms with van der Waals surface area (Å²) in [6.07, 6.45) is 2.38. The minimum Gasteiger partial charge on any atom is -0.496 e. The van der Waals surface area contributed by atoms with Gasteiger partial charge in [0.1, 0.15) is 22.7 Å². The smallest absolute Gasteiger partial charge is 0.340 e. The first-order valence-corrected chi connectivity index (χ1v) is 9.81. The van der Waals surface area contributed by atoms with E-state index in [-0.39, 0.29) is 24.0 Å². The van der Waals surface area contributed by atoms with Crippen LogP contribution in [0.3, 0.4) is 0 Å². The molecule has 3 rings (SSSR count). The first kappa shape index (κ1) is 20.2. The Labute approximate surface area is 165 Å². The van der Waals surface area contributed by atoms with E-state index in [9.17, 15) is 9.59 Å². The first-order valence-electron chi connectivity index (χ1n) is 9.81. The fourth-order valence-electron chi connectivity index (χ4n) is 3.64. The van der Waals surface area contributed by atoms with Gasteiger partial charge in [0.2, 0.25) is 5.91 Å². The Kier molecular flexibility index (Phi) is 5.41. The van der Waals surface area contributed by atoms with Gasteiger partial charge in [-0.05, 0) is 52.5 Å². The molecular weight excluding hydrogens is 358 g/mol. The number of carbonyl (C=O) groups excluding carboxylic acids is 1. The molecule has 1 N–H and O–H groups in total. The zero-order chi connectivity index (χ0) is 20.6. The van der Waals surface area contributed by atoms with Crippen LogP contribution in [0.15, 0.2) is 15.3 Å². The number of methoxy groups -OCH3 is 1. The van der Waals surface area contributed by atoms with Crippen molar-refractivity contribution in [2.24, 2.45) is 0 Å². The van der Waals surface area contributed by atoms with E-state index in [1.165, 1.54) is 0 Å². The van der Waals surface area contributed by atoms with Crippen LogP contribution >= 0.6 is 0 Å². The Morgan fingerprint density at radius 1 is 1.39 bits per heavy atom. The fourth-order valence-corrected chi connectivity index (χ4v) is 3.64. The van der Waals surface area contributed by atoms with Crippen molar-refractivity contribution in [2.75, 3.05) is 7.11 Å². The highest BCUT2D eigenvalue weighted by Gasteiger charge is 2.31. The second kappa shape index (κ2) is 7.49. The van der Waals surface area contributed by atoms with Gasteiger partial charge >= 0.3 is 5.63 Å². The summed E-state index contributed by atoms with van der Waals surface area (Å²) < 4.78 is 17.4. The number of fused-ring (bicyclic) bond motifs is 3. The monoisotopic (exact) mass is 387 g/mol. The average molecular weight is 387 g/mol. The first-order chi connectivity index (χ1) is 13.2. The van der Waals surface area contributed by atoms with E-state index in [0.717, 1.165) is 35.8 Å². The molecule has 1 aromatic carbocycles. The number of rotatable bonds is 5. The number of hydrogen-bond acceptors (Lipinski definition) is 5. The summed E-state index contributed by atoms with van der Waals surface area (Å²) in [5.74, 6) is 1.08. The minimum absolute atomic E-state index is 0.0157. The summed E-state index contributed by atoms with van der Waals surface area (Å²) in [5.41, 5.74) is 1.70. The molecule has 0 fully saturated rings. The lowest BCUT2D eigenvalue weighted by atomic mass is 9.91. The summed E-state index contributed by atoms with van der Waals surface area (Å²) in [5, 5.41) is 3.63. The topological polar surface area (TPSA) is 77.8 Å². The number of benzene rings is 1. The molecule has 0 aliphatic carbocycles. The quantitative estimate of drug-likeness (QED) is 0.792. The predicted molar refractivity (Wildman–Crippen MR) is 108 cm³/mol. The van der Waals surface area contributed by atoms with Crippen molar-refractivity contribution in [1.82, 2.24) is 5.32 Å². The molecule has 6 heteroatoms. The fraction of sp³-hybridized carbons (Fsp3) is 0.545. The largest absolute Gasteiger partial charge is 0.496 e. The van der Waals surface area contributed by atoms with Crippen LogP contribution in [-0.2, 0) is 17.6 Å². The number of hydrogen-bond donors (Lipinski definition) is 1. The highest BCUT2D eigenvalue weighted by atomic mass is 16.5. The molecule has 1 atom stereocenters. The molecule has 0 spiro atoms. The lowest BCUT2D eigenvalue weighted by molar-refractivity contribution is -0.121. The summed E-state index contributed by atoms with van der Waals surface area (Å²) >= 11 is 0. The summed E-state index contributed by atoms with van der Waals surface area (Å²) in [6.45, 7) is 9.84. The molecule has 0 bridgehead atoms. The van der Waals surface area contributed by atoms with Crippen LogP contribution < -0.4 is 20.4 Å². The van der Waals surface area contributed by atoms with Crippen molar-refractivity contribution in [2.45, 2.75) is 71.9 Å². The molecule has 28 heavy (non-hydrogen) atoms. The van der Waals surface area contributed by atoms with E-state index in [1.54, 1.807) is 7.11 Å². The Morgan fingerprint density at radius 3 is 2.75 bits per heavy atom. The summed E-state index contributed by atoms with van der Waals surface area (Å²) in [7, 11) is 1.58. The van der Waals surface area contributed by atoms with Crippen LogP contribution in [0.5, 0.6) is 11.5 Å².